The fourth-order valence-corrected chi connectivity index (χ4v) is 2.38. The topological polar surface area (TPSA) is 41.5 Å². The van der Waals surface area contributed by atoms with Crippen LogP contribution in [-0.2, 0) is 4.74 Å². The van der Waals surface area contributed by atoms with Gasteiger partial charge in [-0.25, -0.2) is 0 Å². The average molecular weight is 307 g/mol. The van der Waals surface area contributed by atoms with Crippen LogP contribution in [0.3, 0.4) is 0 Å². The van der Waals surface area contributed by atoms with E-state index in [0.717, 1.165) is 6.42 Å². The van der Waals surface area contributed by atoms with Gasteiger partial charge in [0.1, 0.15) is 0 Å². The molecule has 0 spiro atoms. The van der Waals surface area contributed by atoms with Crippen LogP contribution in [0.2, 0.25) is 0 Å². The summed E-state index contributed by atoms with van der Waals surface area (Å²) in [5.74, 6) is 0.498. The van der Waals surface area contributed by atoms with Crippen molar-refractivity contribution < 1.29 is 9.84 Å². The summed E-state index contributed by atoms with van der Waals surface area (Å²) in [4.78, 5) is 0. The number of rotatable bonds is 9. The smallest absolute Gasteiger partial charge is 0.0897 e. The van der Waals surface area contributed by atoms with E-state index in [-0.39, 0.29) is 11.5 Å². The summed E-state index contributed by atoms with van der Waals surface area (Å²) in [6, 6.07) is 10.7. The van der Waals surface area contributed by atoms with Gasteiger partial charge in [-0.05, 0) is 23.3 Å². The van der Waals surface area contributed by atoms with E-state index >= 15 is 0 Å². The lowest BCUT2D eigenvalue weighted by atomic mass is 9.85. The number of aliphatic hydroxyl groups is 1. The molecule has 0 saturated carbocycles. The second-order valence-corrected chi connectivity index (χ2v) is 7.72. The van der Waals surface area contributed by atoms with Crippen molar-refractivity contribution in [2.45, 2.75) is 53.2 Å². The molecule has 1 rings (SSSR count). The van der Waals surface area contributed by atoms with Gasteiger partial charge < -0.3 is 15.2 Å². The first-order valence-electron chi connectivity index (χ1n) is 8.32. The zero-order valence-corrected chi connectivity index (χ0v) is 14.8. The minimum atomic E-state index is -0.468. The average Bonchev–Trinajstić information content (AvgIpc) is 2.43. The maximum Gasteiger partial charge on any atom is 0.0897 e. The summed E-state index contributed by atoms with van der Waals surface area (Å²) in [5, 5.41) is 13.6. The van der Waals surface area contributed by atoms with Crippen molar-refractivity contribution >= 4 is 0 Å². The zero-order chi connectivity index (χ0) is 16.6. The minimum Gasteiger partial charge on any atom is -0.389 e. The molecule has 1 aromatic carbocycles. The first-order valence-corrected chi connectivity index (χ1v) is 8.32. The normalized spacial score (nSPS) is 15.0. The Morgan fingerprint density at radius 2 is 1.73 bits per heavy atom. The summed E-state index contributed by atoms with van der Waals surface area (Å²) in [6.07, 6.45) is 0.557. The lowest BCUT2D eigenvalue weighted by Crippen LogP contribution is -2.35. The van der Waals surface area contributed by atoms with Crippen LogP contribution < -0.4 is 5.32 Å². The molecule has 0 bridgehead atoms. The zero-order valence-electron chi connectivity index (χ0n) is 14.8. The molecule has 0 heterocycles. The Hall–Kier alpha value is -0.900. The minimum absolute atomic E-state index is 0.229. The van der Waals surface area contributed by atoms with E-state index in [4.69, 9.17) is 4.74 Å². The first kappa shape index (κ1) is 19.1. The van der Waals surface area contributed by atoms with Crippen molar-refractivity contribution in [3.63, 3.8) is 0 Å². The molecule has 0 amide bonds. The molecule has 2 N–H and O–H groups in total. The van der Waals surface area contributed by atoms with Gasteiger partial charge in [0.2, 0.25) is 0 Å². The highest BCUT2D eigenvalue weighted by Gasteiger charge is 2.20. The van der Waals surface area contributed by atoms with Crippen molar-refractivity contribution in [1.29, 1.82) is 0 Å². The molecule has 0 radical (unpaired) electrons. The summed E-state index contributed by atoms with van der Waals surface area (Å²) in [6.45, 7) is 12.6. The molecule has 0 aliphatic carbocycles. The van der Waals surface area contributed by atoms with Crippen molar-refractivity contribution in [3.8, 4) is 0 Å². The quantitative estimate of drug-likeness (QED) is 0.729. The van der Waals surface area contributed by atoms with Crippen LogP contribution in [0.25, 0.3) is 0 Å². The number of hydrogen-bond acceptors (Lipinski definition) is 3. The Morgan fingerprint density at radius 3 is 2.27 bits per heavy atom. The van der Waals surface area contributed by atoms with Crippen LogP contribution in [0.15, 0.2) is 30.3 Å². The standard InChI is InChI=1S/C19H33NO2/c1-15(2)13-22-14-17(21)12-20-18(11-19(3,4)5)16-9-7-6-8-10-16/h6-10,15,17-18,20-21H,11-14H2,1-5H3. The van der Waals surface area contributed by atoms with E-state index < -0.39 is 6.10 Å². The van der Waals surface area contributed by atoms with Crippen LogP contribution >= 0.6 is 0 Å². The SMILES string of the molecule is CC(C)COCC(O)CNC(CC(C)(C)C)c1ccccc1. The maximum atomic E-state index is 10.1. The Morgan fingerprint density at radius 1 is 1.09 bits per heavy atom. The molecule has 0 fully saturated rings. The third kappa shape index (κ3) is 8.52. The highest BCUT2D eigenvalue weighted by molar-refractivity contribution is 5.19. The number of hydrogen-bond donors (Lipinski definition) is 2. The molecule has 2 unspecified atom stereocenters. The Kier molecular flexibility index (Phi) is 8.08. The van der Waals surface area contributed by atoms with Gasteiger partial charge in [0.15, 0.2) is 0 Å². The largest absolute Gasteiger partial charge is 0.389 e. The summed E-state index contributed by atoms with van der Waals surface area (Å²) < 4.78 is 5.51. The Labute approximate surface area is 136 Å². The fraction of sp³-hybridized carbons (Fsp3) is 0.684. The molecule has 126 valence electrons. The van der Waals surface area contributed by atoms with E-state index in [2.05, 4.69) is 64.2 Å². The summed E-state index contributed by atoms with van der Waals surface area (Å²) in [5.41, 5.74) is 1.50. The molecule has 0 aromatic heterocycles. The monoisotopic (exact) mass is 307 g/mol. The van der Waals surface area contributed by atoms with Gasteiger partial charge in [0.25, 0.3) is 0 Å². The molecule has 0 aliphatic rings. The molecule has 2 atom stereocenters. The van der Waals surface area contributed by atoms with Gasteiger partial charge >= 0.3 is 0 Å². The van der Waals surface area contributed by atoms with Crippen LogP contribution in [0.5, 0.6) is 0 Å². The summed E-state index contributed by atoms with van der Waals surface area (Å²) in [7, 11) is 0. The van der Waals surface area contributed by atoms with E-state index in [9.17, 15) is 5.11 Å². The fourth-order valence-electron chi connectivity index (χ4n) is 2.38. The molecule has 0 saturated heterocycles. The Bertz CT molecular complexity index is 398. The van der Waals surface area contributed by atoms with Crippen LogP contribution in [0.4, 0.5) is 0 Å². The van der Waals surface area contributed by atoms with E-state index in [1.165, 1.54) is 5.56 Å². The van der Waals surface area contributed by atoms with Crippen molar-refractivity contribution in [2.75, 3.05) is 19.8 Å². The predicted octanol–water partition coefficient (Wildman–Crippen LogP) is 3.79. The maximum absolute atomic E-state index is 10.1. The Balaban J connectivity index is 2.51. The third-order valence-electron chi connectivity index (χ3n) is 3.38. The van der Waals surface area contributed by atoms with Gasteiger partial charge in [-0.15, -0.1) is 0 Å². The van der Waals surface area contributed by atoms with E-state index in [1.54, 1.807) is 0 Å². The van der Waals surface area contributed by atoms with Gasteiger partial charge in [0.05, 0.1) is 12.7 Å². The first-order chi connectivity index (χ1) is 10.3. The number of benzene rings is 1. The highest BCUT2D eigenvalue weighted by Crippen LogP contribution is 2.29. The van der Waals surface area contributed by atoms with Crippen molar-refractivity contribution in [2.24, 2.45) is 11.3 Å². The van der Waals surface area contributed by atoms with Gasteiger partial charge in [-0.2, -0.15) is 0 Å². The lowest BCUT2D eigenvalue weighted by Gasteiger charge is -2.28. The van der Waals surface area contributed by atoms with Crippen molar-refractivity contribution in [3.05, 3.63) is 35.9 Å². The molecular formula is C19H33NO2. The van der Waals surface area contributed by atoms with Crippen LogP contribution in [-0.4, -0.2) is 31.0 Å². The van der Waals surface area contributed by atoms with E-state index in [0.29, 0.717) is 25.7 Å². The van der Waals surface area contributed by atoms with Crippen LogP contribution in [0, 0.1) is 11.3 Å². The van der Waals surface area contributed by atoms with Crippen LogP contribution in [0.1, 0.15) is 52.6 Å². The molecule has 22 heavy (non-hydrogen) atoms. The predicted molar refractivity (Wildman–Crippen MR) is 92.9 cm³/mol. The number of aliphatic hydroxyl groups excluding tert-OH is 1. The van der Waals surface area contributed by atoms with E-state index in [1.807, 2.05) is 6.07 Å². The van der Waals surface area contributed by atoms with Crippen molar-refractivity contribution in [1.82, 2.24) is 5.32 Å². The van der Waals surface area contributed by atoms with Gasteiger partial charge in [0, 0.05) is 19.2 Å². The van der Waals surface area contributed by atoms with Gasteiger partial charge in [-0.1, -0.05) is 65.0 Å². The molecular weight excluding hydrogens is 274 g/mol. The number of ether oxygens (including phenoxy) is 1. The second-order valence-electron chi connectivity index (χ2n) is 7.72. The third-order valence-corrected chi connectivity index (χ3v) is 3.38. The summed E-state index contributed by atoms with van der Waals surface area (Å²) >= 11 is 0. The highest BCUT2D eigenvalue weighted by atomic mass is 16.5. The molecule has 1 aromatic rings. The number of nitrogens with one attached hydrogen (secondary N) is 1. The molecule has 3 heteroatoms. The lowest BCUT2D eigenvalue weighted by molar-refractivity contribution is 0.0243. The molecule has 0 aliphatic heterocycles. The van der Waals surface area contributed by atoms with Gasteiger partial charge in [-0.3, -0.25) is 0 Å². The second kappa shape index (κ2) is 9.29. The molecule has 3 nitrogen and oxygen atoms in total.